The molecule has 0 saturated carbocycles. The third-order valence-electron chi connectivity index (χ3n) is 6.55. The SMILES string of the molecule is COc1cc(C#CC(=[NH2+])c2c(N)ncnc2N[C@H]2CCN(CCC(=O)N3CCCC3)C2)cc(OC)c1. The molecule has 2 aliphatic rings. The number of carbonyl (C=O) groups is 1. The zero-order valence-corrected chi connectivity index (χ0v) is 20.9. The number of nitrogens with one attached hydrogen (secondary N) is 1. The first kappa shape index (κ1) is 25.3. The Morgan fingerprint density at radius 2 is 1.89 bits per heavy atom. The predicted molar refractivity (Wildman–Crippen MR) is 138 cm³/mol. The lowest BCUT2D eigenvalue weighted by molar-refractivity contribution is -0.130. The minimum atomic E-state index is 0.156. The van der Waals surface area contributed by atoms with Gasteiger partial charge in [0.15, 0.2) is 0 Å². The molecule has 36 heavy (non-hydrogen) atoms. The summed E-state index contributed by atoms with van der Waals surface area (Å²) < 4.78 is 10.6. The van der Waals surface area contributed by atoms with E-state index in [9.17, 15) is 4.79 Å². The molecule has 2 fully saturated rings. The normalized spacial score (nSPS) is 17.4. The summed E-state index contributed by atoms with van der Waals surface area (Å²) in [6.45, 7) is 4.28. The van der Waals surface area contributed by atoms with Gasteiger partial charge in [-0.3, -0.25) is 4.79 Å². The Morgan fingerprint density at radius 3 is 2.58 bits per heavy atom. The van der Waals surface area contributed by atoms with Crippen molar-refractivity contribution in [1.29, 1.82) is 0 Å². The molecule has 4 rings (SSSR count). The van der Waals surface area contributed by atoms with Gasteiger partial charge in [-0.15, -0.1) is 0 Å². The molecule has 10 heteroatoms. The maximum Gasteiger partial charge on any atom is 0.263 e. The molecule has 5 N–H and O–H groups in total. The van der Waals surface area contributed by atoms with Crippen LogP contribution in [0.2, 0.25) is 0 Å². The molecule has 3 heterocycles. The van der Waals surface area contributed by atoms with Gasteiger partial charge in [-0.05, 0) is 31.4 Å². The summed E-state index contributed by atoms with van der Waals surface area (Å²) in [4.78, 5) is 25.2. The number of hydrogen-bond acceptors (Lipinski definition) is 8. The van der Waals surface area contributed by atoms with E-state index in [-0.39, 0.29) is 23.5 Å². The number of hydrogen-bond donors (Lipinski definition) is 3. The fourth-order valence-corrected chi connectivity index (χ4v) is 4.58. The Kier molecular flexibility index (Phi) is 8.23. The third-order valence-corrected chi connectivity index (χ3v) is 6.55. The third kappa shape index (κ3) is 6.23. The number of likely N-dealkylation sites (tertiary alicyclic amines) is 2. The van der Waals surface area contributed by atoms with Crippen LogP contribution in [0.1, 0.15) is 36.8 Å². The molecule has 2 aliphatic heterocycles. The van der Waals surface area contributed by atoms with Gasteiger partial charge in [-0.25, -0.2) is 15.4 Å². The number of nitrogens with two attached hydrogens (primary N) is 2. The number of amides is 1. The van der Waals surface area contributed by atoms with E-state index in [4.69, 9.17) is 20.6 Å². The molecular weight excluding hydrogens is 458 g/mol. The van der Waals surface area contributed by atoms with Crippen molar-refractivity contribution in [2.45, 2.75) is 31.7 Å². The van der Waals surface area contributed by atoms with Crippen LogP contribution in [0.25, 0.3) is 0 Å². The summed E-state index contributed by atoms with van der Waals surface area (Å²) in [7, 11) is 3.17. The van der Waals surface area contributed by atoms with Crippen LogP contribution < -0.4 is 25.9 Å². The van der Waals surface area contributed by atoms with Gasteiger partial charge in [0.1, 0.15) is 35.0 Å². The van der Waals surface area contributed by atoms with Crippen LogP contribution in [-0.4, -0.2) is 84.4 Å². The van der Waals surface area contributed by atoms with E-state index in [1.807, 2.05) is 4.90 Å². The highest BCUT2D eigenvalue weighted by Gasteiger charge is 2.27. The summed E-state index contributed by atoms with van der Waals surface area (Å²) in [5.74, 6) is 8.35. The maximum atomic E-state index is 12.4. The van der Waals surface area contributed by atoms with Crippen molar-refractivity contribution in [3.8, 4) is 23.3 Å². The number of anilines is 2. The van der Waals surface area contributed by atoms with E-state index in [1.54, 1.807) is 32.4 Å². The lowest BCUT2D eigenvalue weighted by Gasteiger charge is -2.20. The molecule has 1 amide bonds. The minimum Gasteiger partial charge on any atom is -0.497 e. The van der Waals surface area contributed by atoms with Crippen molar-refractivity contribution in [1.82, 2.24) is 19.8 Å². The standard InChI is InChI=1S/C26H33N7O3/c1-35-20-13-18(14-21(15-20)36-2)5-6-22(27)24-25(28)29-17-30-26(24)31-19-7-11-32(16-19)12-8-23(34)33-9-3-4-10-33/h13-15,17,19,27H,3-4,7-12,16H2,1-2H3,(H3,28,29,30,31)/p+1/t19-/m0/s1. The average Bonchev–Trinajstić information content (AvgIpc) is 3.58. The number of rotatable bonds is 8. The predicted octanol–water partition coefficient (Wildman–Crippen LogP) is 0.175. The topological polar surface area (TPSA) is 131 Å². The van der Waals surface area contributed by atoms with Gasteiger partial charge in [0.2, 0.25) is 5.91 Å². The Morgan fingerprint density at radius 1 is 1.17 bits per heavy atom. The minimum absolute atomic E-state index is 0.156. The first-order valence-electron chi connectivity index (χ1n) is 12.2. The molecule has 0 radical (unpaired) electrons. The van der Waals surface area contributed by atoms with Gasteiger partial charge in [-0.2, -0.15) is 0 Å². The monoisotopic (exact) mass is 492 g/mol. The van der Waals surface area contributed by atoms with Gasteiger partial charge in [0.25, 0.3) is 5.71 Å². The summed E-state index contributed by atoms with van der Waals surface area (Å²) in [5.41, 5.74) is 7.62. The molecule has 1 atom stereocenters. The van der Waals surface area contributed by atoms with Crippen LogP contribution in [0.3, 0.4) is 0 Å². The van der Waals surface area contributed by atoms with Crippen molar-refractivity contribution in [3.63, 3.8) is 0 Å². The number of carbonyl (C=O) groups excluding carboxylic acids is 1. The molecule has 1 aromatic carbocycles. The van der Waals surface area contributed by atoms with Crippen molar-refractivity contribution < 1.29 is 19.7 Å². The van der Waals surface area contributed by atoms with Crippen LogP contribution in [0.5, 0.6) is 11.5 Å². The summed E-state index contributed by atoms with van der Waals surface area (Å²) >= 11 is 0. The fourth-order valence-electron chi connectivity index (χ4n) is 4.58. The zero-order valence-electron chi connectivity index (χ0n) is 20.9. The highest BCUT2D eigenvalue weighted by molar-refractivity contribution is 6.14. The van der Waals surface area contributed by atoms with Crippen LogP contribution in [0.4, 0.5) is 11.6 Å². The lowest BCUT2D eigenvalue weighted by Crippen LogP contribution is -2.41. The van der Waals surface area contributed by atoms with Crippen molar-refractivity contribution in [2.75, 3.05) is 58.0 Å². The number of nitrogen functional groups attached to an aromatic ring is 1. The van der Waals surface area contributed by atoms with Crippen LogP contribution in [-0.2, 0) is 4.79 Å². The van der Waals surface area contributed by atoms with E-state index in [0.29, 0.717) is 34.9 Å². The Labute approximate surface area is 211 Å². The van der Waals surface area contributed by atoms with E-state index >= 15 is 0 Å². The maximum absolute atomic E-state index is 12.4. The van der Waals surface area contributed by atoms with Gasteiger partial charge in [0, 0.05) is 62.7 Å². The quantitative estimate of drug-likeness (QED) is 0.351. The number of ether oxygens (including phenoxy) is 2. The lowest BCUT2D eigenvalue weighted by atomic mass is 10.1. The molecule has 10 nitrogen and oxygen atoms in total. The second kappa shape index (κ2) is 11.7. The largest absolute Gasteiger partial charge is 0.497 e. The van der Waals surface area contributed by atoms with Crippen LogP contribution in [0, 0.1) is 11.8 Å². The molecule has 0 unspecified atom stereocenters. The zero-order chi connectivity index (χ0) is 25.5. The van der Waals surface area contributed by atoms with Crippen molar-refractivity contribution in [3.05, 3.63) is 35.7 Å². The van der Waals surface area contributed by atoms with Gasteiger partial charge in [0.05, 0.1) is 14.2 Å². The van der Waals surface area contributed by atoms with E-state index in [0.717, 1.165) is 52.0 Å². The van der Waals surface area contributed by atoms with Crippen LogP contribution in [0.15, 0.2) is 24.5 Å². The molecular formula is C26H34N7O3+. The summed E-state index contributed by atoms with van der Waals surface area (Å²) in [6.07, 6.45) is 5.13. The number of aromatic nitrogens is 2. The molecule has 2 saturated heterocycles. The van der Waals surface area contributed by atoms with Crippen molar-refractivity contribution in [2.24, 2.45) is 0 Å². The smallest absolute Gasteiger partial charge is 0.263 e. The first-order chi connectivity index (χ1) is 17.5. The number of benzene rings is 1. The number of nitrogens with zero attached hydrogens (tertiary/aromatic N) is 4. The molecule has 0 aliphatic carbocycles. The molecule has 0 spiro atoms. The Bertz CT molecular complexity index is 1150. The molecule has 2 aromatic rings. The average molecular weight is 493 g/mol. The van der Waals surface area contributed by atoms with Crippen molar-refractivity contribution >= 4 is 23.3 Å². The molecule has 1 aromatic heterocycles. The molecule has 0 bridgehead atoms. The number of methoxy groups -OCH3 is 2. The van der Waals surface area contributed by atoms with E-state index in [1.165, 1.54) is 6.33 Å². The highest BCUT2D eigenvalue weighted by Crippen LogP contribution is 2.23. The van der Waals surface area contributed by atoms with E-state index < -0.39 is 0 Å². The fraction of sp³-hybridized carbons (Fsp3) is 0.462. The van der Waals surface area contributed by atoms with Gasteiger partial charge >= 0.3 is 0 Å². The van der Waals surface area contributed by atoms with Gasteiger partial charge < -0.3 is 30.3 Å². The second-order valence-electron chi connectivity index (χ2n) is 9.02. The van der Waals surface area contributed by atoms with Crippen LogP contribution >= 0.6 is 0 Å². The second-order valence-corrected chi connectivity index (χ2v) is 9.02. The summed E-state index contributed by atoms with van der Waals surface area (Å²) in [6, 6.07) is 5.53. The Balaban J connectivity index is 1.40. The first-order valence-corrected chi connectivity index (χ1v) is 12.2. The van der Waals surface area contributed by atoms with Gasteiger partial charge in [-0.1, -0.05) is 5.92 Å². The van der Waals surface area contributed by atoms with E-state index in [2.05, 4.69) is 32.0 Å². The highest BCUT2D eigenvalue weighted by atomic mass is 16.5. The molecule has 190 valence electrons. The summed E-state index contributed by atoms with van der Waals surface area (Å²) in [5, 5.41) is 9.82. The Hall–Kier alpha value is -3.84.